The highest BCUT2D eigenvalue weighted by atomic mass is 35.5. The molecule has 2 nitrogen and oxygen atoms in total. The van der Waals surface area contributed by atoms with Crippen LogP contribution in [0, 0.1) is 6.92 Å². The van der Waals surface area contributed by atoms with Gasteiger partial charge in [-0.25, -0.2) is 9.97 Å². The molecule has 0 aliphatic carbocycles. The molecular formula is C21H15ClN2. The highest BCUT2D eigenvalue weighted by Crippen LogP contribution is 2.30. The number of fused-ring (bicyclic) bond motifs is 1. The molecule has 0 amide bonds. The molecule has 4 rings (SSSR count). The molecule has 1 heterocycles. The van der Waals surface area contributed by atoms with E-state index in [0.29, 0.717) is 5.02 Å². The summed E-state index contributed by atoms with van der Waals surface area (Å²) in [7, 11) is 0. The summed E-state index contributed by atoms with van der Waals surface area (Å²) < 4.78 is 0. The highest BCUT2D eigenvalue weighted by molar-refractivity contribution is 6.31. The van der Waals surface area contributed by atoms with E-state index in [0.717, 1.165) is 33.5 Å². The van der Waals surface area contributed by atoms with Gasteiger partial charge in [-0.2, -0.15) is 0 Å². The summed E-state index contributed by atoms with van der Waals surface area (Å²) >= 11 is 6.20. The lowest BCUT2D eigenvalue weighted by atomic mass is 10.1. The molecule has 0 saturated heterocycles. The molecule has 0 aliphatic heterocycles. The first-order valence-corrected chi connectivity index (χ1v) is 8.18. The third kappa shape index (κ3) is 2.77. The van der Waals surface area contributed by atoms with Crippen LogP contribution in [0.2, 0.25) is 5.02 Å². The van der Waals surface area contributed by atoms with E-state index < -0.39 is 0 Å². The van der Waals surface area contributed by atoms with Gasteiger partial charge in [0.2, 0.25) is 0 Å². The van der Waals surface area contributed by atoms with Crippen LogP contribution in [0.25, 0.3) is 33.5 Å². The van der Waals surface area contributed by atoms with Crippen LogP contribution in [0.5, 0.6) is 0 Å². The fourth-order valence-corrected chi connectivity index (χ4v) is 3.00. The maximum absolute atomic E-state index is 6.20. The zero-order valence-electron chi connectivity index (χ0n) is 13.2. The molecule has 0 fully saturated rings. The van der Waals surface area contributed by atoms with Crippen molar-refractivity contribution in [1.29, 1.82) is 0 Å². The predicted octanol–water partition coefficient (Wildman–Crippen LogP) is 5.93. The quantitative estimate of drug-likeness (QED) is 0.455. The standard InChI is InChI=1S/C21H15ClN2/c1-14-6-5-9-16(12-14)21-23-19-11-10-17(22)13-18(19)20(24-21)15-7-3-2-4-8-15/h2-13H,1H3. The van der Waals surface area contributed by atoms with Gasteiger partial charge in [-0.15, -0.1) is 0 Å². The first kappa shape index (κ1) is 14.9. The second kappa shape index (κ2) is 6.06. The monoisotopic (exact) mass is 330 g/mol. The van der Waals surface area contributed by atoms with E-state index in [2.05, 4.69) is 31.2 Å². The summed E-state index contributed by atoms with van der Waals surface area (Å²) in [4.78, 5) is 9.60. The molecule has 3 heteroatoms. The first-order chi connectivity index (χ1) is 11.7. The van der Waals surface area contributed by atoms with Crippen LogP contribution in [0.15, 0.2) is 72.8 Å². The van der Waals surface area contributed by atoms with Crippen LogP contribution in [0.1, 0.15) is 5.56 Å². The Hall–Kier alpha value is -2.71. The highest BCUT2D eigenvalue weighted by Gasteiger charge is 2.11. The number of hydrogen-bond acceptors (Lipinski definition) is 2. The number of benzene rings is 3. The molecule has 0 atom stereocenters. The van der Waals surface area contributed by atoms with Crippen molar-refractivity contribution in [2.24, 2.45) is 0 Å². The molecule has 24 heavy (non-hydrogen) atoms. The van der Waals surface area contributed by atoms with E-state index in [4.69, 9.17) is 21.6 Å². The van der Waals surface area contributed by atoms with Gasteiger partial charge in [0, 0.05) is 21.5 Å². The number of nitrogens with zero attached hydrogens (tertiary/aromatic N) is 2. The molecule has 0 saturated carbocycles. The van der Waals surface area contributed by atoms with E-state index >= 15 is 0 Å². The number of rotatable bonds is 2. The minimum atomic E-state index is 0.687. The van der Waals surface area contributed by atoms with E-state index in [9.17, 15) is 0 Å². The lowest BCUT2D eigenvalue weighted by Crippen LogP contribution is -1.95. The van der Waals surface area contributed by atoms with E-state index in [1.165, 1.54) is 5.56 Å². The van der Waals surface area contributed by atoms with Crippen LogP contribution in [0.3, 0.4) is 0 Å². The summed E-state index contributed by atoms with van der Waals surface area (Å²) in [6.45, 7) is 2.07. The van der Waals surface area contributed by atoms with Crippen molar-refractivity contribution in [2.45, 2.75) is 6.92 Å². The molecular weight excluding hydrogens is 316 g/mol. The van der Waals surface area contributed by atoms with E-state index in [-0.39, 0.29) is 0 Å². The van der Waals surface area contributed by atoms with Crippen LogP contribution in [0.4, 0.5) is 0 Å². The minimum absolute atomic E-state index is 0.687. The third-order valence-corrected chi connectivity index (χ3v) is 4.22. The maximum Gasteiger partial charge on any atom is 0.160 e. The number of aryl methyl sites for hydroxylation is 1. The van der Waals surface area contributed by atoms with Crippen molar-refractivity contribution in [3.63, 3.8) is 0 Å². The zero-order chi connectivity index (χ0) is 16.5. The molecule has 0 radical (unpaired) electrons. The Morgan fingerprint density at radius 3 is 2.33 bits per heavy atom. The van der Waals surface area contributed by atoms with Crippen molar-refractivity contribution < 1.29 is 0 Å². The van der Waals surface area contributed by atoms with Crippen LogP contribution >= 0.6 is 11.6 Å². The Balaban J connectivity index is 2.03. The van der Waals surface area contributed by atoms with Gasteiger partial charge in [-0.1, -0.05) is 65.7 Å². The van der Waals surface area contributed by atoms with Gasteiger partial charge in [0.05, 0.1) is 11.2 Å². The Labute approximate surface area is 145 Å². The van der Waals surface area contributed by atoms with Crippen molar-refractivity contribution >= 4 is 22.5 Å². The Bertz CT molecular complexity index is 1030. The molecule has 0 N–H and O–H groups in total. The molecule has 4 aromatic rings. The third-order valence-electron chi connectivity index (χ3n) is 3.98. The van der Waals surface area contributed by atoms with Crippen molar-refractivity contribution in [1.82, 2.24) is 9.97 Å². The number of halogens is 1. The SMILES string of the molecule is Cc1cccc(-c2nc(-c3ccccc3)c3cc(Cl)ccc3n2)c1. The van der Waals surface area contributed by atoms with Gasteiger partial charge >= 0.3 is 0 Å². The summed E-state index contributed by atoms with van der Waals surface area (Å²) in [5.41, 5.74) is 5.06. The lowest BCUT2D eigenvalue weighted by molar-refractivity contribution is 1.22. The molecule has 0 unspecified atom stereocenters. The number of hydrogen-bond donors (Lipinski definition) is 0. The van der Waals surface area contributed by atoms with Crippen molar-refractivity contribution in [3.8, 4) is 22.6 Å². The largest absolute Gasteiger partial charge is 0.228 e. The van der Waals surface area contributed by atoms with Crippen LogP contribution in [-0.4, -0.2) is 9.97 Å². The Kier molecular flexibility index (Phi) is 3.75. The van der Waals surface area contributed by atoms with Gasteiger partial charge in [0.25, 0.3) is 0 Å². The van der Waals surface area contributed by atoms with Gasteiger partial charge in [-0.05, 0) is 31.2 Å². The average Bonchev–Trinajstić information content (AvgIpc) is 2.61. The molecule has 0 aliphatic rings. The lowest BCUT2D eigenvalue weighted by Gasteiger charge is -2.10. The molecule has 116 valence electrons. The van der Waals surface area contributed by atoms with Crippen LogP contribution < -0.4 is 0 Å². The average molecular weight is 331 g/mol. The summed E-state index contributed by atoms with van der Waals surface area (Å²) in [5.74, 6) is 0.729. The minimum Gasteiger partial charge on any atom is -0.228 e. The van der Waals surface area contributed by atoms with Gasteiger partial charge < -0.3 is 0 Å². The van der Waals surface area contributed by atoms with Crippen molar-refractivity contribution in [2.75, 3.05) is 0 Å². The second-order valence-electron chi connectivity index (χ2n) is 5.79. The van der Waals surface area contributed by atoms with Gasteiger partial charge in [0.1, 0.15) is 0 Å². The maximum atomic E-state index is 6.20. The van der Waals surface area contributed by atoms with Gasteiger partial charge in [0.15, 0.2) is 5.82 Å². The summed E-state index contributed by atoms with van der Waals surface area (Å²) in [6.07, 6.45) is 0. The fraction of sp³-hybridized carbons (Fsp3) is 0.0476. The first-order valence-electron chi connectivity index (χ1n) is 7.80. The topological polar surface area (TPSA) is 25.8 Å². The Morgan fingerprint density at radius 1 is 0.750 bits per heavy atom. The Morgan fingerprint density at radius 2 is 1.54 bits per heavy atom. The number of aromatic nitrogens is 2. The molecule has 0 bridgehead atoms. The van der Waals surface area contributed by atoms with E-state index in [1.807, 2.05) is 48.5 Å². The molecule has 3 aromatic carbocycles. The van der Waals surface area contributed by atoms with Crippen molar-refractivity contribution in [3.05, 3.63) is 83.4 Å². The van der Waals surface area contributed by atoms with Crippen LogP contribution in [-0.2, 0) is 0 Å². The smallest absolute Gasteiger partial charge is 0.160 e. The van der Waals surface area contributed by atoms with Gasteiger partial charge in [-0.3, -0.25) is 0 Å². The summed E-state index contributed by atoms with van der Waals surface area (Å²) in [6, 6.07) is 24.1. The predicted molar refractivity (Wildman–Crippen MR) is 100 cm³/mol. The fourth-order valence-electron chi connectivity index (χ4n) is 2.83. The van der Waals surface area contributed by atoms with E-state index in [1.54, 1.807) is 0 Å². The summed E-state index contributed by atoms with van der Waals surface area (Å²) in [5, 5.41) is 1.65. The molecule has 1 aromatic heterocycles. The second-order valence-corrected chi connectivity index (χ2v) is 6.23. The zero-order valence-corrected chi connectivity index (χ0v) is 14.0. The normalized spacial score (nSPS) is 10.9. The molecule has 0 spiro atoms.